The number of para-hydroxylation sites is 1. The molecular formula is C17H13BrN4O2. The van der Waals surface area contributed by atoms with Gasteiger partial charge in [-0.05, 0) is 46.3 Å². The van der Waals surface area contributed by atoms with Crippen LogP contribution in [0, 0.1) is 0 Å². The molecule has 1 aromatic heterocycles. The second-order valence-corrected chi connectivity index (χ2v) is 5.74. The summed E-state index contributed by atoms with van der Waals surface area (Å²) in [6.07, 6.45) is 1.55. The zero-order chi connectivity index (χ0) is 16.9. The molecule has 3 rings (SSSR count). The third kappa shape index (κ3) is 3.88. The van der Waals surface area contributed by atoms with E-state index in [-0.39, 0.29) is 11.7 Å². The predicted molar refractivity (Wildman–Crippen MR) is 95.5 cm³/mol. The van der Waals surface area contributed by atoms with E-state index in [0.717, 1.165) is 5.69 Å². The molecule has 0 saturated heterocycles. The van der Waals surface area contributed by atoms with Crippen LogP contribution in [-0.4, -0.2) is 21.0 Å². The molecule has 3 aromatic rings. The van der Waals surface area contributed by atoms with Crippen molar-refractivity contribution in [1.29, 1.82) is 0 Å². The molecule has 6 nitrogen and oxygen atoms in total. The Balaban J connectivity index is 1.79. The van der Waals surface area contributed by atoms with Crippen LogP contribution in [0.2, 0.25) is 0 Å². The Morgan fingerprint density at radius 2 is 1.88 bits per heavy atom. The van der Waals surface area contributed by atoms with E-state index in [0.29, 0.717) is 15.9 Å². The van der Waals surface area contributed by atoms with Crippen LogP contribution in [0.1, 0.15) is 10.4 Å². The monoisotopic (exact) mass is 384 g/mol. The average Bonchev–Trinajstić information content (AvgIpc) is 2.59. The van der Waals surface area contributed by atoms with Crippen LogP contribution in [0.25, 0.3) is 0 Å². The van der Waals surface area contributed by atoms with Crippen LogP contribution in [0.4, 0.5) is 17.5 Å². The Morgan fingerprint density at radius 3 is 2.62 bits per heavy atom. The molecule has 0 aliphatic carbocycles. The first-order valence-electron chi connectivity index (χ1n) is 7.07. The van der Waals surface area contributed by atoms with Gasteiger partial charge in [0.05, 0.1) is 4.47 Å². The van der Waals surface area contributed by atoms with Gasteiger partial charge in [-0.15, -0.1) is 0 Å². The van der Waals surface area contributed by atoms with Crippen molar-refractivity contribution in [3.05, 3.63) is 70.8 Å². The molecule has 2 aromatic carbocycles. The van der Waals surface area contributed by atoms with E-state index < -0.39 is 5.91 Å². The number of nitrogens with one attached hydrogen (secondary N) is 2. The van der Waals surface area contributed by atoms with E-state index in [9.17, 15) is 9.90 Å². The number of halogens is 1. The van der Waals surface area contributed by atoms with Crippen molar-refractivity contribution in [3.63, 3.8) is 0 Å². The number of rotatable bonds is 4. The van der Waals surface area contributed by atoms with Gasteiger partial charge in [-0.1, -0.05) is 24.3 Å². The van der Waals surface area contributed by atoms with E-state index >= 15 is 0 Å². The van der Waals surface area contributed by atoms with Crippen molar-refractivity contribution in [2.24, 2.45) is 0 Å². The van der Waals surface area contributed by atoms with Gasteiger partial charge in [-0.2, -0.15) is 4.98 Å². The number of anilines is 3. The summed E-state index contributed by atoms with van der Waals surface area (Å²) in [4.78, 5) is 20.6. The van der Waals surface area contributed by atoms with Gasteiger partial charge in [0.2, 0.25) is 5.95 Å². The molecular weight excluding hydrogens is 372 g/mol. The maximum atomic E-state index is 12.2. The lowest BCUT2D eigenvalue weighted by Crippen LogP contribution is -2.14. The highest BCUT2D eigenvalue weighted by molar-refractivity contribution is 9.10. The number of hydrogen-bond donors (Lipinski definition) is 3. The highest BCUT2D eigenvalue weighted by Gasteiger charge is 2.11. The minimum Gasteiger partial charge on any atom is -0.508 e. The number of phenols is 1. The maximum absolute atomic E-state index is 12.2. The fourth-order valence-corrected chi connectivity index (χ4v) is 2.28. The van der Waals surface area contributed by atoms with Gasteiger partial charge in [-0.3, -0.25) is 10.1 Å². The lowest BCUT2D eigenvalue weighted by Gasteiger charge is -2.09. The number of benzene rings is 2. The first kappa shape index (κ1) is 15.9. The largest absolute Gasteiger partial charge is 0.508 e. The van der Waals surface area contributed by atoms with E-state index in [1.807, 2.05) is 30.3 Å². The van der Waals surface area contributed by atoms with E-state index in [2.05, 4.69) is 36.5 Å². The van der Waals surface area contributed by atoms with Gasteiger partial charge in [-0.25, -0.2) is 4.98 Å². The Labute approximate surface area is 146 Å². The minimum atomic E-state index is -0.404. The average molecular weight is 385 g/mol. The molecule has 24 heavy (non-hydrogen) atoms. The molecule has 1 amide bonds. The smallest absolute Gasteiger partial charge is 0.258 e. The molecule has 0 saturated carbocycles. The van der Waals surface area contributed by atoms with Crippen molar-refractivity contribution < 1.29 is 9.90 Å². The third-order valence-corrected chi connectivity index (χ3v) is 3.69. The zero-order valence-electron chi connectivity index (χ0n) is 12.4. The quantitative estimate of drug-likeness (QED) is 0.633. The summed E-state index contributed by atoms with van der Waals surface area (Å²) >= 11 is 3.38. The van der Waals surface area contributed by atoms with Crippen molar-refractivity contribution in [2.45, 2.75) is 0 Å². The first-order chi connectivity index (χ1) is 11.6. The topological polar surface area (TPSA) is 87.1 Å². The number of carbonyl (C=O) groups is 1. The Kier molecular flexibility index (Phi) is 4.72. The molecule has 120 valence electrons. The number of hydrogen-bond acceptors (Lipinski definition) is 5. The van der Waals surface area contributed by atoms with E-state index in [1.54, 1.807) is 18.3 Å². The fourth-order valence-electron chi connectivity index (χ4n) is 1.99. The van der Waals surface area contributed by atoms with Gasteiger partial charge in [0, 0.05) is 17.4 Å². The maximum Gasteiger partial charge on any atom is 0.258 e. The molecule has 0 atom stereocenters. The number of amides is 1. The second kappa shape index (κ2) is 7.10. The number of aromatic hydroxyl groups is 1. The van der Waals surface area contributed by atoms with Gasteiger partial charge in [0.25, 0.3) is 5.91 Å². The summed E-state index contributed by atoms with van der Waals surface area (Å²) in [5.41, 5.74) is 1.18. The van der Waals surface area contributed by atoms with E-state index in [1.165, 1.54) is 12.1 Å². The van der Waals surface area contributed by atoms with Crippen LogP contribution in [0.3, 0.4) is 0 Å². The standard InChI is InChI=1S/C17H13BrN4O2/c18-14-10-19-17(21-15(14)20-12-6-2-1-3-7-12)22-16(24)11-5-4-8-13(23)9-11/h1-10,23H,(H2,19,20,21,22,24). The lowest BCUT2D eigenvalue weighted by molar-refractivity contribution is 0.102. The normalized spacial score (nSPS) is 10.2. The Morgan fingerprint density at radius 1 is 1.08 bits per heavy atom. The summed E-state index contributed by atoms with van der Waals surface area (Å²) in [5.74, 6) is 0.303. The van der Waals surface area contributed by atoms with Crippen LogP contribution in [0.5, 0.6) is 5.75 Å². The van der Waals surface area contributed by atoms with Gasteiger partial charge >= 0.3 is 0 Å². The lowest BCUT2D eigenvalue weighted by atomic mass is 10.2. The van der Waals surface area contributed by atoms with Crippen LogP contribution < -0.4 is 10.6 Å². The van der Waals surface area contributed by atoms with Gasteiger partial charge < -0.3 is 10.4 Å². The summed E-state index contributed by atoms with van der Waals surface area (Å²) in [5, 5.41) is 15.2. The first-order valence-corrected chi connectivity index (χ1v) is 7.86. The molecule has 0 aliphatic heterocycles. The zero-order valence-corrected chi connectivity index (χ0v) is 14.0. The molecule has 0 unspecified atom stereocenters. The number of phenolic OH excluding ortho intramolecular Hbond substituents is 1. The third-order valence-electron chi connectivity index (χ3n) is 3.11. The molecule has 0 aliphatic rings. The van der Waals surface area contributed by atoms with Crippen molar-refractivity contribution in [2.75, 3.05) is 10.6 Å². The number of nitrogens with zero attached hydrogens (tertiary/aromatic N) is 2. The molecule has 0 bridgehead atoms. The van der Waals surface area contributed by atoms with Crippen molar-refractivity contribution in [1.82, 2.24) is 9.97 Å². The Bertz CT molecular complexity index is 871. The molecule has 0 radical (unpaired) electrons. The molecule has 7 heteroatoms. The van der Waals surface area contributed by atoms with Gasteiger partial charge in [0.1, 0.15) is 11.6 Å². The summed E-state index contributed by atoms with van der Waals surface area (Å²) < 4.78 is 0.668. The van der Waals surface area contributed by atoms with Crippen LogP contribution in [-0.2, 0) is 0 Å². The van der Waals surface area contributed by atoms with Crippen molar-refractivity contribution in [3.8, 4) is 5.75 Å². The van der Waals surface area contributed by atoms with Crippen LogP contribution >= 0.6 is 15.9 Å². The summed E-state index contributed by atoms with van der Waals surface area (Å²) in [6.45, 7) is 0. The Hall–Kier alpha value is -2.93. The summed E-state index contributed by atoms with van der Waals surface area (Å²) in [7, 11) is 0. The summed E-state index contributed by atoms with van der Waals surface area (Å²) in [6, 6.07) is 15.6. The molecule has 0 fully saturated rings. The number of carbonyl (C=O) groups excluding carboxylic acids is 1. The highest BCUT2D eigenvalue weighted by atomic mass is 79.9. The molecule has 0 spiro atoms. The molecule has 1 heterocycles. The molecule has 3 N–H and O–H groups in total. The van der Waals surface area contributed by atoms with Gasteiger partial charge in [0.15, 0.2) is 0 Å². The SMILES string of the molecule is O=C(Nc1ncc(Br)c(Nc2ccccc2)n1)c1cccc(O)c1. The second-order valence-electron chi connectivity index (χ2n) is 4.89. The minimum absolute atomic E-state index is 0.0193. The van der Waals surface area contributed by atoms with E-state index in [4.69, 9.17) is 0 Å². The predicted octanol–water partition coefficient (Wildman–Crippen LogP) is 3.94. The van der Waals surface area contributed by atoms with Crippen molar-refractivity contribution >= 4 is 39.3 Å². The number of aromatic nitrogens is 2. The fraction of sp³-hybridized carbons (Fsp3) is 0. The van der Waals surface area contributed by atoms with Crippen LogP contribution in [0.15, 0.2) is 65.3 Å². The highest BCUT2D eigenvalue weighted by Crippen LogP contribution is 2.24.